The van der Waals surface area contributed by atoms with Crippen molar-refractivity contribution in [2.75, 3.05) is 43.8 Å². The minimum absolute atomic E-state index is 0.150. The van der Waals surface area contributed by atoms with Crippen LogP contribution in [0.4, 0.5) is 44.5 Å². The topological polar surface area (TPSA) is 159 Å². The molecule has 434 valence electrons. The molecule has 8 rings (SSSR count). The standard InChI is InChI=1S/C35H58ClN5O3Si2.C24H34ClN5O2Si/c1-24(2)46(25(3)4,26(5)6)43-21-20-40-32-27(23-41(34(40)42)31-15-13-12-14-30(31)36)22-37-33(39-32)38-28-16-18-29(19-17-28)44-45(10,11)35(7,8)9;1-24(2,3)33(4,5)32-18-12-10-17(11-13-18)27-22-26-14-16-15-30(23(31)29-21(16)28-22)20-9-7-6-8-19(20)25/h12-15,22,24-26,28-29H,16-21,23H2,1-11H3,(H,37,38,39);6-9,14,17-18H,10-13,15H2,1-5H3,(H2,26,27,28,29,31). The molecule has 2 fully saturated rings. The molecule has 4 aromatic rings. The van der Waals surface area contributed by atoms with Gasteiger partial charge in [-0.05, 0) is 129 Å². The fourth-order valence-electron chi connectivity index (χ4n) is 11.3. The molecule has 3 N–H and O–H groups in total. The van der Waals surface area contributed by atoms with Gasteiger partial charge in [0.2, 0.25) is 11.9 Å². The predicted octanol–water partition coefficient (Wildman–Crippen LogP) is 16.4. The molecule has 2 aromatic carbocycles. The highest BCUT2D eigenvalue weighted by Crippen LogP contribution is 2.44. The summed E-state index contributed by atoms with van der Waals surface area (Å²) >= 11 is 12.9. The van der Waals surface area contributed by atoms with E-state index in [0.717, 1.165) is 62.5 Å². The molecule has 0 atom stereocenters. The molecule has 2 aromatic heterocycles. The van der Waals surface area contributed by atoms with Crippen molar-refractivity contribution in [3.8, 4) is 0 Å². The summed E-state index contributed by atoms with van der Waals surface area (Å²) in [6.07, 6.45) is 12.5. The lowest BCUT2D eigenvalue weighted by molar-refractivity contribution is 0.133. The molecular formula is C59H92Cl2N10O5Si3. The monoisotopic (exact) mass is 1170 g/mol. The van der Waals surface area contributed by atoms with Crippen molar-refractivity contribution >= 4 is 95.1 Å². The molecule has 2 saturated carbocycles. The quantitative estimate of drug-likeness (QED) is 0.0864. The zero-order valence-corrected chi connectivity index (χ0v) is 54.7. The molecule has 0 spiro atoms. The maximum absolute atomic E-state index is 14.2. The van der Waals surface area contributed by atoms with E-state index in [1.165, 1.54) is 0 Å². The van der Waals surface area contributed by atoms with Gasteiger partial charge in [-0.2, -0.15) is 9.97 Å². The summed E-state index contributed by atoms with van der Waals surface area (Å²) in [5.41, 5.74) is 4.45. The van der Waals surface area contributed by atoms with E-state index in [1.54, 1.807) is 27.0 Å². The van der Waals surface area contributed by atoms with Gasteiger partial charge in [0.05, 0.1) is 47.7 Å². The second-order valence-corrected chi connectivity index (χ2v) is 42.0. The lowest BCUT2D eigenvalue weighted by atomic mass is 9.93. The van der Waals surface area contributed by atoms with E-state index in [1.807, 2.05) is 48.7 Å². The minimum Gasteiger partial charge on any atom is -0.414 e. The summed E-state index contributed by atoms with van der Waals surface area (Å²) in [5, 5.41) is 11.4. The molecule has 15 nitrogen and oxygen atoms in total. The molecule has 2 aliphatic carbocycles. The molecule has 0 saturated heterocycles. The fraction of sp³-hybridized carbons (Fsp3) is 0.627. The number of anilines is 6. The van der Waals surface area contributed by atoms with Crippen LogP contribution in [0, 0.1) is 0 Å². The average molecular weight is 1180 g/mol. The second-order valence-electron chi connectivity index (χ2n) is 26.2. The Bertz CT molecular complexity index is 2700. The summed E-state index contributed by atoms with van der Waals surface area (Å²) < 4.78 is 20.2. The van der Waals surface area contributed by atoms with Gasteiger partial charge in [0.25, 0.3) is 0 Å². The number of benzene rings is 2. The maximum atomic E-state index is 14.2. The Morgan fingerprint density at radius 3 is 1.52 bits per heavy atom. The highest BCUT2D eigenvalue weighted by Gasteiger charge is 2.46. The molecule has 4 heterocycles. The van der Waals surface area contributed by atoms with Crippen molar-refractivity contribution in [2.24, 2.45) is 0 Å². The number of nitrogens with zero attached hydrogens (tertiary/aromatic N) is 7. The van der Waals surface area contributed by atoms with E-state index in [9.17, 15) is 9.59 Å². The summed E-state index contributed by atoms with van der Waals surface area (Å²) in [6, 6.07) is 15.0. The van der Waals surface area contributed by atoms with Crippen molar-refractivity contribution in [3.05, 3.63) is 82.1 Å². The van der Waals surface area contributed by atoms with Crippen LogP contribution in [-0.2, 0) is 26.4 Å². The molecule has 4 aliphatic rings. The van der Waals surface area contributed by atoms with Crippen molar-refractivity contribution in [1.29, 1.82) is 0 Å². The molecule has 4 amide bonds. The van der Waals surface area contributed by atoms with Crippen molar-refractivity contribution in [2.45, 2.75) is 225 Å². The SMILES string of the molecule is CC(C)(C)[Si](C)(C)OC1CCC(Nc2ncc3c(n2)NC(=O)N(c2ccccc2Cl)C3)CC1.CC(C)[Si](OCCN1C(=O)N(c2ccccc2Cl)Cc2cnc(NC3CCC(O[Si](C)(C)C(C)(C)C)CC3)nc21)(C(C)C)C(C)C. The number of fused-ring (bicyclic) bond motifs is 2. The van der Waals surface area contributed by atoms with Gasteiger partial charge in [-0.1, -0.05) is 131 Å². The van der Waals surface area contributed by atoms with Gasteiger partial charge in [0, 0.05) is 47.8 Å². The van der Waals surface area contributed by atoms with Crippen LogP contribution in [0.25, 0.3) is 0 Å². The minimum atomic E-state index is -2.11. The van der Waals surface area contributed by atoms with Gasteiger partial charge in [0.1, 0.15) is 11.6 Å². The number of rotatable bonds is 17. The maximum Gasteiger partial charge on any atom is 0.330 e. The smallest absolute Gasteiger partial charge is 0.330 e. The number of hydrogen-bond donors (Lipinski definition) is 3. The lowest BCUT2D eigenvalue weighted by Gasteiger charge is -2.43. The molecule has 20 heteroatoms. The molecule has 0 bridgehead atoms. The van der Waals surface area contributed by atoms with Crippen molar-refractivity contribution in [3.63, 3.8) is 0 Å². The number of para-hydroxylation sites is 2. The number of carbonyl (C=O) groups excluding carboxylic acids is 2. The van der Waals surface area contributed by atoms with E-state index in [2.05, 4.69) is 135 Å². The molecule has 2 aliphatic heterocycles. The Hall–Kier alpha value is -4.15. The van der Waals surface area contributed by atoms with Crippen LogP contribution < -0.4 is 30.7 Å². The Morgan fingerprint density at radius 2 is 1.06 bits per heavy atom. The summed E-state index contributed by atoms with van der Waals surface area (Å²) in [4.78, 5) is 50.8. The van der Waals surface area contributed by atoms with Crippen LogP contribution in [0.3, 0.4) is 0 Å². The third-order valence-corrected chi connectivity index (χ3v) is 33.6. The van der Waals surface area contributed by atoms with Crippen LogP contribution in [0.2, 0.25) is 62.9 Å². The number of urea groups is 2. The first-order chi connectivity index (χ1) is 37.0. The average Bonchev–Trinajstić information content (AvgIpc) is 3.53. The number of halogens is 2. The van der Waals surface area contributed by atoms with Crippen molar-refractivity contribution in [1.82, 2.24) is 19.9 Å². The largest absolute Gasteiger partial charge is 0.414 e. The van der Waals surface area contributed by atoms with Crippen LogP contribution in [0.15, 0.2) is 60.9 Å². The highest BCUT2D eigenvalue weighted by atomic mass is 35.5. The third kappa shape index (κ3) is 14.7. The predicted molar refractivity (Wildman–Crippen MR) is 334 cm³/mol. The van der Waals surface area contributed by atoms with E-state index < -0.39 is 25.0 Å². The number of hydrogen-bond acceptors (Lipinski definition) is 11. The third-order valence-electron chi connectivity index (χ3n) is 17.8. The number of carbonyl (C=O) groups is 2. The number of amides is 4. The Balaban J connectivity index is 0.000000241. The van der Waals surface area contributed by atoms with E-state index in [0.29, 0.717) is 106 Å². The highest BCUT2D eigenvalue weighted by molar-refractivity contribution is 6.77. The van der Waals surface area contributed by atoms with Gasteiger partial charge >= 0.3 is 12.1 Å². The van der Waals surface area contributed by atoms with Crippen LogP contribution in [-0.4, -0.2) is 94.4 Å². The van der Waals surface area contributed by atoms with Gasteiger partial charge in [0.15, 0.2) is 25.0 Å². The van der Waals surface area contributed by atoms with E-state index >= 15 is 0 Å². The van der Waals surface area contributed by atoms with Gasteiger partial charge in [-0.15, -0.1) is 0 Å². The summed E-state index contributed by atoms with van der Waals surface area (Å²) in [6.45, 7) is 38.3. The first-order valence-corrected chi connectivity index (χ1v) is 37.6. The van der Waals surface area contributed by atoms with Crippen LogP contribution in [0.1, 0.15) is 146 Å². The summed E-state index contributed by atoms with van der Waals surface area (Å²) in [5.74, 6) is 2.31. The Kier molecular flexibility index (Phi) is 20.2. The fourth-order valence-corrected chi connectivity index (χ4v) is 20.1. The number of aromatic nitrogens is 4. The molecular weight excluding hydrogens is 1080 g/mol. The normalized spacial score (nSPS) is 20.4. The molecule has 79 heavy (non-hydrogen) atoms. The van der Waals surface area contributed by atoms with Crippen molar-refractivity contribution < 1.29 is 22.9 Å². The van der Waals surface area contributed by atoms with Crippen LogP contribution in [0.5, 0.6) is 0 Å². The zero-order valence-electron chi connectivity index (χ0n) is 50.2. The van der Waals surface area contributed by atoms with E-state index in [-0.39, 0.29) is 28.2 Å². The zero-order chi connectivity index (χ0) is 57.8. The molecule has 0 radical (unpaired) electrons. The van der Waals surface area contributed by atoms with Gasteiger partial charge < -0.3 is 23.9 Å². The van der Waals surface area contributed by atoms with Gasteiger partial charge in [-0.3, -0.25) is 20.0 Å². The lowest BCUT2D eigenvalue weighted by Crippen LogP contribution is -2.52. The number of nitrogens with one attached hydrogen (secondary N) is 3. The first kappa shape index (κ1) is 62.5. The second kappa shape index (κ2) is 25.6. The summed E-state index contributed by atoms with van der Waals surface area (Å²) in [7, 11) is -5.65. The van der Waals surface area contributed by atoms with Crippen LogP contribution >= 0.6 is 23.2 Å². The molecule has 0 unspecified atom stereocenters. The Morgan fingerprint density at radius 1 is 0.633 bits per heavy atom. The van der Waals surface area contributed by atoms with E-state index in [4.69, 9.17) is 46.4 Å². The Labute approximate surface area is 485 Å². The van der Waals surface area contributed by atoms with Gasteiger partial charge in [-0.25, -0.2) is 19.6 Å². The first-order valence-electron chi connectivity index (χ1n) is 28.9.